The first kappa shape index (κ1) is 20.0. The first-order valence-corrected chi connectivity index (χ1v) is 9.67. The van der Waals surface area contributed by atoms with Gasteiger partial charge >= 0.3 is 6.18 Å². The number of benzene rings is 2. The van der Waals surface area contributed by atoms with Crippen LogP contribution in [0.15, 0.2) is 60.7 Å². The number of amides is 1. The van der Waals surface area contributed by atoms with Gasteiger partial charge in [0.25, 0.3) is 5.91 Å². The minimum atomic E-state index is -4.41. The highest BCUT2D eigenvalue weighted by atomic mass is 19.4. The number of hydrogen-bond acceptors (Lipinski definition) is 3. The summed E-state index contributed by atoms with van der Waals surface area (Å²) in [5.74, 6) is -0.178. The Morgan fingerprint density at radius 3 is 2.23 bits per heavy atom. The van der Waals surface area contributed by atoms with Crippen molar-refractivity contribution in [2.45, 2.75) is 13.1 Å². The van der Waals surface area contributed by atoms with Gasteiger partial charge in [-0.15, -0.1) is 0 Å². The lowest BCUT2D eigenvalue weighted by molar-refractivity contribution is -0.137. The second-order valence-electron chi connectivity index (χ2n) is 7.21. The molecule has 0 atom stereocenters. The van der Waals surface area contributed by atoms with Gasteiger partial charge in [0.05, 0.1) is 16.9 Å². The standard InChI is InChI=1S/C22H21F3N4O/c1-16-15-20(29(26-16)17-7-3-2-4-8-17)21(30)28-13-11-27(12-14-28)19-10-6-5-9-18(19)22(23,24)25/h2-10,15H,11-14H2,1H3. The molecule has 2 aromatic carbocycles. The largest absolute Gasteiger partial charge is 0.418 e. The highest BCUT2D eigenvalue weighted by Crippen LogP contribution is 2.36. The van der Waals surface area contributed by atoms with Crippen LogP contribution in [-0.2, 0) is 6.18 Å². The van der Waals surface area contributed by atoms with Crippen LogP contribution in [0.5, 0.6) is 0 Å². The zero-order chi connectivity index (χ0) is 21.3. The van der Waals surface area contributed by atoms with Gasteiger partial charge in [0.15, 0.2) is 0 Å². The number of anilines is 1. The molecule has 1 aliphatic rings. The molecule has 1 aliphatic heterocycles. The maximum Gasteiger partial charge on any atom is 0.418 e. The van der Waals surface area contributed by atoms with Crippen molar-refractivity contribution >= 4 is 11.6 Å². The SMILES string of the molecule is Cc1cc(C(=O)N2CCN(c3ccccc3C(F)(F)F)CC2)n(-c2ccccc2)n1. The summed E-state index contributed by atoms with van der Waals surface area (Å²) < 4.78 is 41.6. The molecule has 3 aromatic rings. The fourth-order valence-electron chi connectivity index (χ4n) is 3.72. The second-order valence-corrected chi connectivity index (χ2v) is 7.21. The van der Waals surface area contributed by atoms with Gasteiger partial charge in [-0.3, -0.25) is 4.79 Å². The van der Waals surface area contributed by atoms with E-state index in [0.29, 0.717) is 31.9 Å². The van der Waals surface area contributed by atoms with Gasteiger partial charge in [0.1, 0.15) is 5.69 Å². The van der Waals surface area contributed by atoms with Gasteiger partial charge in [0.2, 0.25) is 0 Å². The molecule has 1 aromatic heterocycles. The predicted octanol–water partition coefficient (Wildman–Crippen LogP) is 4.16. The zero-order valence-electron chi connectivity index (χ0n) is 16.4. The van der Waals surface area contributed by atoms with E-state index in [4.69, 9.17) is 0 Å². The third-order valence-electron chi connectivity index (χ3n) is 5.17. The monoisotopic (exact) mass is 414 g/mol. The van der Waals surface area contributed by atoms with E-state index in [0.717, 1.165) is 17.4 Å². The number of hydrogen-bond donors (Lipinski definition) is 0. The molecule has 0 spiro atoms. The van der Waals surface area contributed by atoms with Crippen LogP contribution < -0.4 is 4.90 Å². The Morgan fingerprint density at radius 2 is 1.57 bits per heavy atom. The molecule has 0 radical (unpaired) electrons. The number of rotatable bonds is 3. The third kappa shape index (κ3) is 3.90. The van der Waals surface area contributed by atoms with Crippen LogP contribution in [0.3, 0.4) is 0 Å². The van der Waals surface area contributed by atoms with Crippen LogP contribution in [0.25, 0.3) is 5.69 Å². The van der Waals surface area contributed by atoms with Crippen molar-refractivity contribution in [1.29, 1.82) is 0 Å². The van der Waals surface area contributed by atoms with Crippen LogP contribution in [0.4, 0.5) is 18.9 Å². The van der Waals surface area contributed by atoms with E-state index in [1.807, 2.05) is 37.3 Å². The molecule has 4 rings (SSSR count). The van der Waals surface area contributed by atoms with E-state index < -0.39 is 11.7 Å². The molecule has 0 unspecified atom stereocenters. The van der Waals surface area contributed by atoms with E-state index in [9.17, 15) is 18.0 Å². The number of piperazine rings is 1. The van der Waals surface area contributed by atoms with E-state index in [1.54, 1.807) is 26.6 Å². The smallest absolute Gasteiger partial charge is 0.367 e. The van der Waals surface area contributed by atoms with Crippen LogP contribution in [0, 0.1) is 6.92 Å². The topological polar surface area (TPSA) is 41.4 Å². The molecule has 1 amide bonds. The molecule has 8 heteroatoms. The van der Waals surface area contributed by atoms with Crippen molar-refractivity contribution in [3.05, 3.63) is 77.6 Å². The van der Waals surface area contributed by atoms with Crippen LogP contribution in [0.2, 0.25) is 0 Å². The normalized spacial score (nSPS) is 14.8. The second kappa shape index (κ2) is 7.85. The number of aromatic nitrogens is 2. The molecular weight excluding hydrogens is 393 g/mol. The molecule has 5 nitrogen and oxygen atoms in total. The summed E-state index contributed by atoms with van der Waals surface area (Å²) in [6.07, 6.45) is -4.41. The first-order chi connectivity index (χ1) is 14.3. The number of carbonyl (C=O) groups excluding carboxylic acids is 1. The number of carbonyl (C=O) groups is 1. The summed E-state index contributed by atoms with van der Waals surface area (Å²) in [5.41, 5.74) is 1.46. The Morgan fingerprint density at radius 1 is 0.933 bits per heavy atom. The number of halogens is 3. The van der Waals surface area contributed by atoms with Crippen molar-refractivity contribution in [3.63, 3.8) is 0 Å². The average Bonchev–Trinajstić information content (AvgIpc) is 3.15. The Labute approximate surface area is 172 Å². The van der Waals surface area contributed by atoms with E-state index >= 15 is 0 Å². The summed E-state index contributed by atoms with van der Waals surface area (Å²) >= 11 is 0. The van der Waals surface area contributed by atoms with Gasteiger partial charge in [-0.1, -0.05) is 30.3 Å². The molecule has 30 heavy (non-hydrogen) atoms. The lowest BCUT2D eigenvalue weighted by atomic mass is 10.1. The maximum absolute atomic E-state index is 13.3. The molecule has 156 valence electrons. The van der Waals surface area contributed by atoms with Crippen molar-refractivity contribution in [2.75, 3.05) is 31.1 Å². The van der Waals surface area contributed by atoms with Gasteiger partial charge in [-0.25, -0.2) is 4.68 Å². The van der Waals surface area contributed by atoms with Crippen molar-refractivity contribution in [1.82, 2.24) is 14.7 Å². The van der Waals surface area contributed by atoms with Gasteiger partial charge < -0.3 is 9.80 Å². The van der Waals surface area contributed by atoms with Crippen LogP contribution >= 0.6 is 0 Å². The molecular formula is C22H21F3N4O. The van der Waals surface area contributed by atoms with Gasteiger partial charge in [-0.2, -0.15) is 18.3 Å². The summed E-state index contributed by atoms with van der Waals surface area (Å²) in [6.45, 7) is 3.16. The molecule has 0 N–H and O–H groups in total. The molecule has 0 bridgehead atoms. The lowest BCUT2D eigenvalue weighted by Gasteiger charge is -2.37. The molecule has 1 saturated heterocycles. The minimum Gasteiger partial charge on any atom is -0.367 e. The van der Waals surface area contributed by atoms with E-state index in [2.05, 4.69) is 5.10 Å². The highest BCUT2D eigenvalue weighted by molar-refractivity contribution is 5.93. The first-order valence-electron chi connectivity index (χ1n) is 9.67. The van der Waals surface area contributed by atoms with E-state index in [-0.39, 0.29) is 11.6 Å². The van der Waals surface area contributed by atoms with Gasteiger partial charge in [0, 0.05) is 31.9 Å². The zero-order valence-corrected chi connectivity index (χ0v) is 16.4. The number of nitrogens with zero attached hydrogens (tertiary/aromatic N) is 4. The molecule has 1 fully saturated rings. The summed E-state index contributed by atoms with van der Waals surface area (Å²) in [5, 5.41) is 4.43. The van der Waals surface area contributed by atoms with Crippen LogP contribution in [-0.4, -0.2) is 46.8 Å². The molecule has 0 aliphatic carbocycles. The van der Waals surface area contributed by atoms with Crippen molar-refractivity contribution in [3.8, 4) is 5.69 Å². The fourth-order valence-corrected chi connectivity index (χ4v) is 3.72. The Bertz CT molecular complexity index is 1040. The quantitative estimate of drug-likeness (QED) is 0.646. The van der Waals surface area contributed by atoms with Crippen molar-refractivity contribution in [2.24, 2.45) is 0 Å². The molecule has 2 heterocycles. The third-order valence-corrected chi connectivity index (χ3v) is 5.17. The Kier molecular flexibility index (Phi) is 5.24. The Balaban J connectivity index is 1.52. The highest BCUT2D eigenvalue weighted by Gasteiger charge is 2.35. The molecule has 0 saturated carbocycles. The average molecular weight is 414 g/mol. The predicted molar refractivity (Wildman–Crippen MR) is 108 cm³/mol. The lowest BCUT2D eigenvalue weighted by Crippen LogP contribution is -2.49. The minimum absolute atomic E-state index is 0.155. The van der Waals surface area contributed by atoms with Crippen molar-refractivity contribution < 1.29 is 18.0 Å². The summed E-state index contributed by atoms with van der Waals surface area (Å²) in [7, 11) is 0. The fraction of sp³-hybridized carbons (Fsp3) is 0.273. The summed E-state index contributed by atoms with van der Waals surface area (Å²) in [6, 6.07) is 16.7. The number of aryl methyl sites for hydroxylation is 1. The van der Waals surface area contributed by atoms with Gasteiger partial charge in [-0.05, 0) is 37.3 Å². The Hall–Kier alpha value is -3.29. The maximum atomic E-state index is 13.3. The number of para-hydroxylation sites is 2. The number of alkyl halides is 3. The van der Waals surface area contributed by atoms with E-state index in [1.165, 1.54) is 12.1 Å². The van der Waals surface area contributed by atoms with Crippen LogP contribution in [0.1, 0.15) is 21.7 Å². The summed E-state index contributed by atoms with van der Waals surface area (Å²) in [4.78, 5) is 16.5.